The summed E-state index contributed by atoms with van der Waals surface area (Å²) in [4.78, 5) is 16.3. The smallest absolute Gasteiger partial charge is 0.380 e. The van der Waals surface area contributed by atoms with Gasteiger partial charge in [0.2, 0.25) is 0 Å². The molecule has 0 bridgehead atoms. The van der Waals surface area contributed by atoms with E-state index in [0.29, 0.717) is 0 Å². The summed E-state index contributed by atoms with van der Waals surface area (Å²) < 4.78 is 44.2. The van der Waals surface area contributed by atoms with E-state index in [1.165, 1.54) is 19.2 Å². The zero-order valence-electron chi connectivity index (χ0n) is 15.5. The predicted molar refractivity (Wildman–Crippen MR) is 95.2 cm³/mol. The van der Waals surface area contributed by atoms with Crippen LogP contribution in [0.1, 0.15) is 46.5 Å². The zero-order chi connectivity index (χ0) is 19.9. The van der Waals surface area contributed by atoms with Crippen LogP contribution < -0.4 is 5.32 Å². The van der Waals surface area contributed by atoms with Crippen molar-refractivity contribution in [1.29, 1.82) is 0 Å². The van der Waals surface area contributed by atoms with Crippen LogP contribution in [0.15, 0.2) is 30.5 Å². The first-order chi connectivity index (χ1) is 12.2. The fraction of sp³-hybridized carbons (Fsp3) is 0.368. The third-order valence-electron chi connectivity index (χ3n) is 3.59. The molecule has 4 nitrogen and oxygen atoms in total. The first-order valence-corrected chi connectivity index (χ1v) is 8.16. The molecule has 0 spiro atoms. The van der Waals surface area contributed by atoms with Crippen LogP contribution in [0.4, 0.5) is 19.0 Å². The molecule has 26 heavy (non-hydrogen) atoms. The van der Waals surface area contributed by atoms with Gasteiger partial charge in [-0.3, -0.25) is 4.79 Å². The number of carbonyl (C=O) groups is 1. The van der Waals surface area contributed by atoms with Crippen molar-refractivity contribution < 1.29 is 22.7 Å². The van der Waals surface area contributed by atoms with Gasteiger partial charge in [-0.2, -0.15) is 13.2 Å². The lowest BCUT2D eigenvalue weighted by Crippen LogP contribution is -2.16. The summed E-state index contributed by atoms with van der Waals surface area (Å²) in [6, 6.07) is 5.07. The standard InChI is InChI=1S/C17H17F3N2O2.C2H6/c1-10-6-15(21-8-11(10)2)22-16(23)12-4-5-13(9-24-3)14(7-12)17(18,19)20;1-2/h4-8H,9H2,1-3H3,(H,21,22,23);1-2H3. The molecule has 0 fully saturated rings. The molecule has 0 unspecified atom stereocenters. The maximum Gasteiger partial charge on any atom is 0.416 e. The van der Waals surface area contributed by atoms with Gasteiger partial charge in [0, 0.05) is 18.9 Å². The number of aryl methyl sites for hydroxylation is 2. The Labute approximate surface area is 151 Å². The van der Waals surface area contributed by atoms with E-state index in [1.807, 2.05) is 27.7 Å². The van der Waals surface area contributed by atoms with Crippen molar-refractivity contribution in [3.05, 3.63) is 58.3 Å². The number of carbonyl (C=O) groups excluding carboxylic acids is 1. The van der Waals surface area contributed by atoms with Crippen molar-refractivity contribution >= 4 is 11.7 Å². The Balaban J connectivity index is 0.00000163. The molecule has 7 heteroatoms. The predicted octanol–water partition coefficient (Wildman–Crippen LogP) is 5.14. The van der Waals surface area contributed by atoms with Crippen LogP contribution in [0, 0.1) is 13.8 Å². The molecule has 1 amide bonds. The van der Waals surface area contributed by atoms with Crippen LogP contribution >= 0.6 is 0 Å². The van der Waals surface area contributed by atoms with Gasteiger partial charge in [-0.25, -0.2) is 4.98 Å². The topological polar surface area (TPSA) is 51.2 Å². The van der Waals surface area contributed by atoms with Gasteiger partial charge in [0.25, 0.3) is 5.91 Å². The van der Waals surface area contributed by atoms with Crippen LogP contribution in [0.25, 0.3) is 0 Å². The highest BCUT2D eigenvalue weighted by atomic mass is 19.4. The Morgan fingerprint density at radius 2 is 1.81 bits per heavy atom. The monoisotopic (exact) mass is 368 g/mol. The molecule has 2 rings (SSSR count). The van der Waals surface area contributed by atoms with E-state index in [0.717, 1.165) is 17.2 Å². The van der Waals surface area contributed by atoms with E-state index < -0.39 is 17.6 Å². The van der Waals surface area contributed by atoms with Crippen molar-refractivity contribution in [2.45, 2.75) is 40.5 Å². The molecule has 1 aromatic heterocycles. The molecule has 0 radical (unpaired) electrons. The van der Waals surface area contributed by atoms with Crippen LogP contribution in [-0.2, 0) is 17.5 Å². The maximum absolute atomic E-state index is 13.1. The third kappa shape index (κ3) is 5.56. The van der Waals surface area contributed by atoms with E-state index in [-0.39, 0.29) is 23.6 Å². The summed E-state index contributed by atoms with van der Waals surface area (Å²) in [5.74, 6) is -0.363. The minimum absolute atomic E-state index is 0.0224. The lowest BCUT2D eigenvalue weighted by molar-refractivity contribution is -0.138. The van der Waals surface area contributed by atoms with Gasteiger partial charge in [-0.05, 0) is 48.7 Å². The number of benzene rings is 1. The molecule has 0 saturated heterocycles. The minimum atomic E-state index is -4.57. The van der Waals surface area contributed by atoms with Crippen molar-refractivity contribution in [2.75, 3.05) is 12.4 Å². The number of alkyl halides is 3. The fourth-order valence-corrected chi connectivity index (χ4v) is 2.14. The zero-order valence-corrected chi connectivity index (χ0v) is 15.5. The molecule has 1 heterocycles. The second-order valence-electron chi connectivity index (χ2n) is 5.41. The Bertz CT molecular complexity index is 759. The number of ether oxygens (including phenoxy) is 1. The third-order valence-corrected chi connectivity index (χ3v) is 3.59. The van der Waals surface area contributed by atoms with Crippen LogP contribution in [0.2, 0.25) is 0 Å². The van der Waals surface area contributed by atoms with Gasteiger partial charge >= 0.3 is 6.18 Å². The van der Waals surface area contributed by atoms with Gasteiger partial charge in [0.1, 0.15) is 5.82 Å². The lowest BCUT2D eigenvalue weighted by atomic mass is 10.0. The van der Waals surface area contributed by atoms with Gasteiger partial charge in [0.05, 0.1) is 12.2 Å². The number of amides is 1. The fourth-order valence-electron chi connectivity index (χ4n) is 2.14. The number of nitrogens with one attached hydrogen (secondary N) is 1. The molecule has 1 aromatic carbocycles. The lowest BCUT2D eigenvalue weighted by Gasteiger charge is -2.14. The number of anilines is 1. The van der Waals surface area contributed by atoms with Crippen molar-refractivity contribution in [3.63, 3.8) is 0 Å². The summed E-state index contributed by atoms with van der Waals surface area (Å²) >= 11 is 0. The molecule has 0 aliphatic rings. The van der Waals surface area contributed by atoms with E-state index in [4.69, 9.17) is 4.74 Å². The molecule has 1 N–H and O–H groups in total. The SMILES string of the molecule is CC.COCc1ccc(C(=O)Nc2cc(C)c(C)cn2)cc1C(F)(F)F. The maximum atomic E-state index is 13.1. The number of aromatic nitrogens is 1. The van der Waals surface area contributed by atoms with Crippen LogP contribution in [0.3, 0.4) is 0 Å². The highest BCUT2D eigenvalue weighted by molar-refractivity contribution is 6.04. The van der Waals surface area contributed by atoms with Gasteiger partial charge in [0.15, 0.2) is 0 Å². The second kappa shape index (κ2) is 9.33. The van der Waals surface area contributed by atoms with Crippen molar-refractivity contribution in [1.82, 2.24) is 4.98 Å². The number of nitrogens with zero attached hydrogens (tertiary/aromatic N) is 1. The van der Waals surface area contributed by atoms with Gasteiger partial charge in [-0.15, -0.1) is 0 Å². The molecular formula is C19H23F3N2O2. The van der Waals surface area contributed by atoms with Crippen molar-refractivity contribution in [2.24, 2.45) is 0 Å². The Morgan fingerprint density at radius 3 is 2.35 bits per heavy atom. The average molecular weight is 368 g/mol. The number of hydrogen-bond acceptors (Lipinski definition) is 3. The number of rotatable bonds is 4. The summed E-state index contributed by atoms with van der Waals surface area (Å²) in [6.07, 6.45) is -2.98. The molecule has 2 aromatic rings. The first-order valence-electron chi connectivity index (χ1n) is 8.16. The molecule has 0 saturated carbocycles. The summed E-state index contributed by atoms with van der Waals surface area (Å²) in [5, 5.41) is 2.51. The highest BCUT2D eigenvalue weighted by Gasteiger charge is 2.34. The van der Waals surface area contributed by atoms with Gasteiger partial charge in [-0.1, -0.05) is 19.9 Å². The molecular weight excluding hydrogens is 345 g/mol. The largest absolute Gasteiger partial charge is 0.416 e. The Kier molecular flexibility index (Phi) is 7.76. The van der Waals surface area contributed by atoms with Gasteiger partial charge < -0.3 is 10.1 Å². The van der Waals surface area contributed by atoms with E-state index in [9.17, 15) is 18.0 Å². The van der Waals surface area contributed by atoms with E-state index in [2.05, 4.69) is 10.3 Å². The van der Waals surface area contributed by atoms with Crippen molar-refractivity contribution in [3.8, 4) is 0 Å². The Hall–Kier alpha value is -2.41. The van der Waals surface area contributed by atoms with Crippen LogP contribution in [0.5, 0.6) is 0 Å². The summed E-state index contributed by atoms with van der Waals surface area (Å²) in [5.41, 5.74) is 0.876. The summed E-state index contributed by atoms with van der Waals surface area (Å²) in [7, 11) is 1.31. The Morgan fingerprint density at radius 1 is 1.15 bits per heavy atom. The molecule has 0 aliphatic heterocycles. The number of pyridine rings is 1. The normalized spacial score (nSPS) is 10.8. The first kappa shape index (κ1) is 21.6. The number of hydrogen-bond donors (Lipinski definition) is 1. The molecule has 0 aliphatic carbocycles. The highest BCUT2D eigenvalue weighted by Crippen LogP contribution is 2.33. The average Bonchev–Trinajstić information content (AvgIpc) is 2.59. The number of methoxy groups -OCH3 is 1. The van der Waals surface area contributed by atoms with E-state index >= 15 is 0 Å². The van der Waals surface area contributed by atoms with Crippen LogP contribution in [-0.4, -0.2) is 18.0 Å². The second-order valence-corrected chi connectivity index (χ2v) is 5.41. The minimum Gasteiger partial charge on any atom is -0.380 e. The molecule has 0 atom stereocenters. The number of halogens is 3. The quantitative estimate of drug-likeness (QED) is 0.813. The molecule has 142 valence electrons. The summed E-state index contributed by atoms with van der Waals surface area (Å²) in [6.45, 7) is 7.54. The van der Waals surface area contributed by atoms with E-state index in [1.54, 1.807) is 12.3 Å².